The number of hydrogen-bond donors (Lipinski definition) is 1. The van der Waals surface area contributed by atoms with Crippen LogP contribution in [0.1, 0.15) is 38.2 Å². The summed E-state index contributed by atoms with van der Waals surface area (Å²) in [6.07, 6.45) is 6.48. The Balaban J connectivity index is 1.86. The summed E-state index contributed by atoms with van der Waals surface area (Å²) in [5, 5.41) is 9.24. The fourth-order valence-corrected chi connectivity index (χ4v) is 2.75. The first-order valence-corrected chi connectivity index (χ1v) is 6.81. The number of benzene rings is 1. The molecule has 1 aliphatic heterocycles. The highest BCUT2D eigenvalue weighted by atomic mass is 16.3. The highest BCUT2D eigenvalue weighted by Gasteiger charge is 2.19. The molecule has 0 radical (unpaired) electrons. The first kappa shape index (κ1) is 12.4. The van der Waals surface area contributed by atoms with Crippen molar-refractivity contribution >= 4 is 0 Å². The van der Waals surface area contributed by atoms with E-state index < -0.39 is 0 Å². The van der Waals surface area contributed by atoms with Crippen molar-refractivity contribution in [2.75, 3.05) is 13.1 Å². The molecule has 0 spiro atoms. The number of phenolic OH excluding ortho intramolecular Hbond substituents is 1. The van der Waals surface area contributed by atoms with Crippen molar-refractivity contribution in [3.63, 3.8) is 0 Å². The van der Waals surface area contributed by atoms with Gasteiger partial charge in [-0.2, -0.15) is 0 Å². The van der Waals surface area contributed by atoms with E-state index in [0.29, 0.717) is 5.75 Å². The van der Waals surface area contributed by atoms with Gasteiger partial charge in [0, 0.05) is 12.6 Å². The van der Waals surface area contributed by atoms with Gasteiger partial charge in [0.1, 0.15) is 5.75 Å². The lowest BCUT2D eigenvalue weighted by atomic mass is 9.99. The smallest absolute Gasteiger partial charge is 0.115 e. The summed E-state index contributed by atoms with van der Waals surface area (Å²) in [5.41, 5.74) is 1.32. The molecule has 2 heteroatoms. The Bertz CT molecular complexity index is 333. The fourth-order valence-electron chi connectivity index (χ4n) is 2.75. The SMILES string of the molecule is CCC1CCCCN1CCc1ccc(O)cc1. The summed E-state index contributed by atoms with van der Waals surface area (Å²) < 4.78 is 0. The largest absolute Gasteiger partial charge is 0.508 e. The second-order valence-corrected chi connectivity index (χ2v) is 5.01. The Morgan fingerprint density at radius 1 is 1.24 bits per heavy atom. The highest BCUT2D eigenvalue weighted by Crippen LogP contribution is 2.20. The third-order valence-electron chi connectivity index (χ3n) is 3.84. The Morgan fingerprint density at radius 2 is 2.00 bits per heavy atom. The minimum absolute atomic E-state index is 0.359. The maximum atomic E-state index is 9.24. The molecule has 2 nitrogen and oxygen atoms in total. The molecule has 0 aromatic heterocycles. The molecular formula is C15H23NO. The average Bonchev–Trinajstić information content (AvgIpc) is 2.38. The molecule has 1 N–H and O–H groups in total. The van der Waals surface area contributed by atoms with Crippen molar-refractivity contribution in [3.05, 3.63) is 29.8 Å². The van der Waals surface area contributed by atoms with E-state index in [1.54, 1.807) is 12.1 Å². The van der Waals surface area contributed by atoms with Crippen molar-refractivity contribution in [2.24, 2.45) is 0 Å². The van der Waals surface area contributed by atoms with Gasteiger partial charge in [-0.05, 0) is 49.9 Å². The first-order chi connectivity index (χ1) is 8.29. The van der Waals surface area contributed by atoms with Crippen LogP contribution in [0.25, 0.3) is 0 Å². The van der Waals surface area contributed by atoms with Crippen LogP contribution in [-0.4, -0.2) is 29.1 Å². The number of phenols is 1. The molecule has 2 rings (SSSR count). The third kappa shape index (κ3) is 3.47. The molecule has 94 valence electrons. The summed E-state index contributed by atoms with van der Waals surface area (Å²) in [6.45, 7) is 4.71. The van der Waals surface area contributed by atoms with E-state index in [2.05, 4.69) is 11.8 Å². The number of rotatable bonds is 4. The van der Waals surface area contributed by atoms with Gasteiger partial charge in [-0.1, -0.05) is 25.5 Å². The lowest BCUT2D eigenvalue weighted by Gasteiger charge is -2.35. The summed E-state index contributed by atoms with van der Waals surface area (Å²) in [5.74, 6) is 0.359. The van der Waals surface area contributed by atoms with Crippen LogP contribution in [-0.2, 0) is 6.42 Å². The Labute approximate surface area is 104 Å². The maximum absolute atomic E-state index is 9.24. The van der Waals surface area contributed by atoms with Crippen molar-refractivity contribution < 1.29 is 5.11 Å². The van der Waals surface area contributed by atoms with Crippen LogP contribution < -0.4 is 0 Å². The molecule has 1 heterocycles. The predicted octanol–water partition coefficient (Wildman–Crippen LogP) is 3.20. The molecule has 0 saturated carbocycles. The van der Waals surface area contributed by atoms with Gasteiger partial charge in [-0.25, -0.2) is 0 Å². The average molecular weight is 233 g/mol. The number of likely N-dealkylation sites (tertiary alicyclic amines) is 1. The zero-order valence-corrected chi connectivity index (χ0v) is 10.7. The Morgan fingerprint density at radius 3 is 2.71 bits per heavy atom. The standard InChI is InChI=1S/C15H23NO/c1-2-14-5-3-4-11-16(14)12-10-13-6-8-15(17)9-7-13/h6-9,14,17H,2-5,10-12H2,1H3. The molecule has 1 unspecified atom stereocenters. The van der Waals surface area contributed by atoms with Crippen molar-refractivity contribution in [1.82, 2.24) is 4.90 Å². The maximum Gasteiger partial charge on any atom is 0.115 e. The minimum atomic E-state index is 0.359. The number of hydrogen-bond acceptors (Lipinski definition) is 2. The summed E-state index contributed by atoms with van der Waals surface area (Å²) >= 11 is 0. The van der Waals surface area contributed by atoms with E-state index in [-0.39, 0.29) is 0 Å². The van der Waals surface area contributed by atoms with E-state index in [0.717, 1.165) is 19.0 Å². The highest BCUT2D eigenvalue weighted by molar-refractivity contribution is 5.26. The first-order valence-electron chi connectivity index (χ1n) is 6.81. The van der Waals surface area contributed by atoms with Crippen molar-refractivity contribution in [3.8, 4) is 5.75 Å². The van der Waals surface area contributed by atoms with Gasteiger partial charge >= 0.3 is 0 Å². The quantitative estimate of drug-likeness (QED) is 0.863. The molecule has 1 saturated heterocycles. The van der Waals surface area contributed by atoms with E-state index in [1.807, 2.05) is 12.1 Å². The van der Waals surface area contributed by atoms with Crippen LogP contribution in [0.4, 0.5) is 0 Å². The molecule has 1 atom stereocenters. The molecule has 0 aliphatic carbocycles. The number of piperidine rings is 1. The van der Waals surface area contributed by atoms with Crippen molar-refractivity contribution in [2.45, 2.75) is 45.1 Å². The van der Waals surface area contributed by atoms with Crippen LogP contribution in [0.2, 0.25) is 0 Å². The zero-order chi connectivity index (χ0) is 12.1. The van der Waals surface area contributed by atoms with Crippen LogP contribution in [0.3, 0.4) is 0 Å². The van der Waals surface area contributed by atoms with Crippen LogP contribution in [0, 0.1) is 0 Å². The van der Waals surface area contributed by atoms with Gasteiger partial charge in [0.2, 0.25) is 0 Å². The summed E-state index contributed by atoms with van der Waals surface area (Å²) in [6, 6.07) is 8.41. The molecule has 0 bridgehead atoms. The molecule has 1 aliphatic rings. The van der Waals surface area contributed by atoms with Gasteiger partial charge in [0.15, 0.2) is 0 Å². The molecule has 1 fully saturated rings. The van der Waals surface area contributed by atoms with Gasteiger partial charge < -0.3 is 10.0 Å². The fraction of sp³-hybridized carbons (Fsp3) is 0.600. The molecule has 1 aromatic rings. The Kier molecular flexibility index (Phi) is 4.43. The van der Waals surface area contributed by atoms with Gasteiger partial charge in [-0.3, -0.25) is 0 Å². The molecular weight excluding hydrogens is 210 g/mol. The van der Waals surface area contributed by atoms with E-state index in [1.165, 1.54) is 37.8 Å². The van der Waals surface area contributed by atoms with E-state index in [4.69, 9.17) is 0 Å². The summed E-state index contributed by atoms with van der Waals surface area (Å²) in [4.78, 5) is 2.64. The van der Waals surface area contributed by atoms with Crippen LogP contribution in [0.5, 0.6) is 5.75 Å². The second-order valence-electron chi connectivity index (χ2n) is 5.01. The normalized spacial score (nSPS) is 21.6. The summed E-state index contributed by atoms with van der Waals surface area (Å²) in [7, 11) is 0. The second kappa shape index (κ2) is 6.06. The van der Waals surface area contributed by atoms with E-state index >= 15 is 0 Å². The number of nitrogens with zero attached hydrogens (tertiary/aromatic N) is 1. The molecule has 0 amide bonds. The molecule has 17 heavy (non-hydrogen) atoms. The van der Waals surface area contributed by atoms with Crippen molar-refractivity contribution in [1.29, 1.82) is 0 Å². The lowest BCUT2D eigenvalue weighted by molar-refractivity contribution is 0.146. The lowest BCUT2D eigenvalue weighted by Crippen LogP contribution is -2.40. The van der Waals surface area contributed by atoms with Gasteiger partial charge in [0.25, 0.3) is 0 Å². The van der Waals surface area contributed by atoms with Crippen LogP contribution >= 0.6 is 0 Å². The predicted molar refractivity (Wildman–Crippen MR) is 71.3 cm³/mol. The third-order valence-corrected chi connectivity index (χ3v) is 3.84. The number of aromatic hydroxyl groups is 1. The topological polar surface area (TPSA) is 23.5 Å². The van der Waals surface area contributed by atoms with E-state index in [9.17, 15) is 5.11 Å². The monoisotopic (exact) mass is 233 g/mol. The Hall–Kier alpha value is -1.02. The minimum Gasteiger partial charge on any atom is -0.508 e. The zero-order valence-electron chi connectivity index (χ0n) is 10.7. The van der Waals surface area contributed by atoms with Gasteiger partial charge in [-0.15, -0.1) is 0 Å². The van der Waals surface area contributed by atoms with Crippen LogP contribution in [0.15, 0.2) is 24.3 Å². The van der Waals surface area contributed by atoms with Gasteiger partial charge in [0.05, 0.1) is 0 Å². The molecule has 1 aromatic carbocycles.